The minimum atomic E-state index is -0.803. The Kier molecular flexibility index (Phi) is 1.44. The Morgan fingerprint density at radius 2 is 2.00 bits per heavy atom. The standard InChI is InChI=1S/C8H15NO2/c1-7(2,3)8(4)5-9(8)6(10)11/h5H2,1-4H3,(H,10,11)/t8-,9?/m1/s1. The van der Waals surface area contributed by atoms with Crippen LogP contribution in [0.5, 0.6) is 0 Å². The first-order chi connectivity index (χ1) is 4.79. The summed E-state index contributed by atoms with van der Waals surface area (Å²) in [6.45, 7) is 8.86. The second-order valence-corrected chi connectivity index (χ2v) is 4.39. The number of amides is 1. The lowest BCUT2D eigenvalue weighted by atomic mass is 9.81. The second kappa shape index (κ2) is 1.90. The summed E-state index contributed by atoms with van der Waals surface area (Å²) in [6, 6.07) is 0. The molecule has 0 saturated carbocycles. The minimum Gasteiger partial charge on any atom is -0.465 e. The number of carboxylic acid groups (broad SMARTS) is 1. The van der Waals surface area contributed by atoms with Gasteiger partial charge in [0.2, 0.25) is 0 Å². The average Bonchev–Trinajstić information content (AvgIpc) is 2.40. The first kappa shape index (κ1) is 8.37. The van der Waals surface area contributed by atoms with Gasteiger partial charge in [0.25, 0.3) is 0 Å². The molecule has 0 bridgehead atoms. The van der Waals surface area contributed by atoms with Crippen LogP contribution in [0.2, 0.25) is 0 Å². The summed E-state index contributed by atoms with van der Waals surface area (Å²) in [5.41, 5.74) is -0.0930. The highest BCUT2D eigenvalue weighted by molar-refractivity contribution is 5.70. The van der Waals surface area contributed by atoms with E-state index in [9.17, 15) is 4.79 Å². The maximum Gasteiger partial charge on any atom is 0.407 e. The van der Waals surface area contributed by atoms with Crippen molar-refractivity contribution < 1.29 is 9.90 Å². The van der Waals surface area contributed by atoms with Crippen LogP contribution in [0.1, 0.15) is 27.7 Å². The van der Waals surface area contributed by atoms with E-state index >= 15 is 0 Å². The molecule has 0 aromatic heterocycles. The number of carbonyl (C=O) groups is 1. The molecule has 11 heavy (non-hydrogen) atoms. The summed E-state index contributed by atoms with van der Waals surface area (Å²) in [6.07, 6.45) is -0.803. The third-order valence-electron chi connectivity index (χ3n) is 2.80. The van der Waals surface area contributed by atoms with Crippen molar-refractivity contribution in [3.05, 3.63) is 0 Å². The van der Waals surface area contributed by atoms with Gasteiger partial charge in [-0.2, -0.15) is 0 Å². The molecule has 0 unspecified atom stereocenters. The molecule has 1 heterocycles. The highest BCUT2D eigenvalue weighted by atomic mass is 16.4. The molecule has 1 rings (SSSR count). The number of nitrogens with zero attached hydrogens (tertiary/aromatic N) is 1. The van der Waals surface area contributed by atoms with Crippen LogP contribution in [-0.4, -0.2) is 28.2 Å². The van der Waals surface area contributed by atoms with E-state index in [4.69, 9.17) is 5.11 Å². The highest BCUT2D eigenvalue weighted by Crippen LogP contribution is 2.46. The van der Waals surface area contributed by atoms with Gasteiger partial charge in [-0.3, -0.25) is 4.90 Å². The van der Waals surface area contributed by atoms with Crippen molar-refractivity contribution in [2.45, 2.75) is 33.2 Å². The lowest BCUT2D eigenvalue weighted by Gasteiger charge is -2.26. The maximum atomic E-state index is 10.5. The largest absolute Gasteiger partial charge is 0.465 e. The van der Waals surface area contributed by atoms with Gasteiger partial charge in [-0.25, -0.2) is 4.79 Å². The molecule has 1 amide bonds. The summed E-state index contributed by atoms with van der Waals surface area (Å²) in [5.74, 6) is 0. The Morgan fingerprint density at radius 3 is 2.09 bits per heavy atom. The summed E-state index contributed by atoms with van der Waals surface area (Å²) < 4.78 is 0. The van der Waals surface area contributed by atoms with Crippen molar-refractivity contribution in [2.75, 3.05) is 6.54 Å². The Balaban J connectivity index is 2.70. The predicted molar refractivity (Wildman–Crippen MR) is 42.6 cm³/mol. The van der Waals surface area contributed by atoms with Crippen molar-refractivity contribution in [1.82, 2.24) is 4.90 Å². The molecule has 0 radical (unpaired) electrons. The molecule has 1 atom stereocenters. The van der Waals surface area contributed by atoms with Crippen LogP contribution < -0.4 is 0 Å². The molecular weight excluding hydrogens is 142 g/mol. The fourth-order valence-electron chi connectivity index (χ4n) is 1.19. The van der Waals surface area contributed by atoms with E-state index < -0.39 is 6.09 Å². The Bertz CT molecular complexity index is 195. The highest BCUT2D eigenvalue weighted by Gasteiger charge is 2.58. The Hall–Kier alpha value is -0.730. The van der Waals surface area contributed by atoms with Crippen LogP contribution in [-0.2, 0) is 0 Å². The first-order valence-electron chi connectivity index (χ1n) is 3.79. The van der Waals surface area contributed by atoms with Crippen LogP contribution in [0, 0.1) is 5.41 Å². The van der Waals surface area contributed by atoms with Gasteiger partial charge in [0.15, 0.2) is 0 Å². The van der Waals surface area contributed by atoms with Crippen molar-refractivity contribution in [1.29, 1.82) is 0 Å². The predicted octanol–water partition coefficient (Wildman–Crippen LogP) is 1.78. The van der Waals surface area contributed by atoms with E-state index in [0.29, 0.717) is 6.54 Å². The van der Waals surface area contributed by atoms with Gasteiger partial charge in [-0.15, -0.1) is 0 Å². The smallest absolute Gasteiger partial charge is 0.407 e. The summed E-state index contributed by atoms with van der Waals surface area (Å²) in [5, 5.41) is 8.68. The monoisotopic (exact) mass is 157 g/mol. The molecule has 1 fully saturated rings. The molecule has 0 aliphatic carbocycles. The lowest BCUT2D eigenvalue weighted by Crippen LogP contribution is -2.32. The van der Waals surface area contributed by atoms with E-state index in [1.54, 1.807) is 0 Å². The van der Waals surface area contributed by atoms with Gasteiger partial charge in [0, 0.05) is 6.54 Å². The van der Waals surface area contributed by atoms with Gasteiger partial charge >= 0.3 is 6.09 Å². The minimum absolute atomic E-state index is 0.0470. The van der Waals surface area contributed by atoms with Gasteiger partial charge in [0.1, 0.15) is 0 Å². The molecule has 64 valence electrons. The van der Waals surface area contributed by atoms with Gasteiger partial charge in [0.05, 0.1) is 5.54 Å². The van der Waals surface area contributed by atoms with Crippen LogP contribution in [0.25, 0.3) is 0 Å². The van der Waals surface area contributed by atoms with E-state index in [1.807, 2.05) is 6.92 Å². The van der Waals surface area contributed by atoms with E-state index in [-0.39, 0.29) is 11.0 Å². The molecule has 1 N–H and O–H groups in total. The maximum absolute atomic E-state index is 10.5. The van der Waals surface area contributed by atoms with E-state index in [0.717, 1.165) is 0 Å². The zero-order chi connectivity index (χ0) is 8.86. The van der Waals surface area contributed by atoms with Crippen molar-refractivity contribution >= 4 is 6.09 Å². The lowest BCUT2D eigenvalue weighted by molar-refractivity contribution is 0.155. The van der Waals surface area contributed by atoms with Crippen molar-refractivity contribution in [3.8, 4) is 0 Å². The average molecular weight is 157 g/mol. The van der Waals surface area contributed by atoms with Crippen LogP contribution in [0.15, 0.2) is 0 Å². The number of hydrogen-bond acceptors (Lipinski definition) is 1. The van der Waals surface area contributed by atoms with Crippen molar-refractivity contribution in [2.24, 2.45) is 5.41 Å². The second-order valence-electron chi connectivity index (χ2n) is 4.39. The fourth-order valence-corrected chi connectivity index (χ4v) is 1.19. The number of hydrogen-bond donors (Lipinski definition) is 1. The van der Waals surface area contributed by atoms with E-state index in [1.165, 1.54) is 4.90 Å². The van der Waals surface area contributed by atoms with Crippen molar-refractivity contribution in [3.63, 3.8) is 0 Å². The van der Waals surface area contributed by atoms with E-state index in [2.05, 4.69) is 20.8 Å². The molecule has 0 aromatic rings. The third kappa shape index (κ3) is 1.08. The van der Waals surface area contributed by atoms with Gasteiger partial charge in [-0.1, -0.05) is 20.8 Å². The fraction of sp³-hybridized carbons (Fsp3) is 0.875. The molecule has 1 aliphatic rings. The van der Waals surface area contributed by atoms with Gasteiger partial charge < -0.3 is 5.11 Å². The third-order valence-corrected chi connectivity index (χ3v) is 2.80. The molecule has 0 aromatic carbocycles. The normalized spacial score (nSPS) is 30.4. The van der Waals surface area contributed by atoms with Crippen LogP contribution in [0.4, 0.5) is 4.79 Å². The van der Waals surface area contributed by atoms with Crippen LogP contribution >= 0.6 is 0 Å². The SMILES string of the molecule is CC(C)(C)[C@@]1(C)CN1C(=O)O. The molecule has 3 heteroatoms. The Labute approximate surface area is 67.0 Å². The Morgan fingerprint density at radius 1 is 1.55 bits per heavy atom. The topological polar surface area (TPSA) is 40.3 Å². The molecule has 0 spiro atoms. The van der Waals surface area contributed by atoms with Gasteiger partial charge in [-0.05, 0) is 12.3 Å². The molecule has 3 nitrogen and oxygen atoms in total. The molecule has 1 saturated heterocycles. The zero-order valence-corrected chi connectivity index (χ0v) is 7.51. The quantitative estimate of drug-likeness (QED) is 0.544. The first-order valence-corrected chi connectivity index (χ1v) is 3.79. The summed E-state index contributed by atoms with van der Waals surface area (Å²) in [7, 11) is 0. The number of rotatable bonds is 0. The zero-order valence-electron chi connectivity index (χ0n) is 7.51. The summed E-state index contributed by atoms with van der Waals surface area (Å²) in [4.78, 5) is 12.0. The molecule has 1 aliphatic heterocycles. The molecular formula is C8H15NO2. The van der Waals surface area contributed by atoms with Crippen LogP contribution in [0.3, 0.4) is 0 Å². The summed E-state index contributed by atoms with van der Waals surface area (Å²) >= 11 is 0.